The van der Waals surface area contributed by atoms with Crippen LogP contribution in [-0.2, 0) is 11.3 Å². The second kappa shape index (κ2) is 7.66. The molecule has 142 valence electrons. The van der Waals surface area contributed by atoms with Gasteiger partial charge in [-0.25, -0.2) is 4.98 Å². The second-order valence-corrected chi connectivity index (χ2v) is 7.14. The molecule has 0 radical (unpaired) electrons. The van der Waals surface area contributed by atoms with Gasteiger partial charge in [0, 0.05) is 43.7 Å². The Morgan fingerprint density at radius 2 is 2.00 bits per heavy atom. The van der Waals surface area contributed by atoms with E-state index in [1.807, 2.05) is 36.7 Å². The molecule has 3 aliphatic heterocycles. The van der Waals surface area contributed by atoms with Gasteiger partial charge in [0.25, 0.3) is 0 Å². The summed E-state index contributed by atoms with van der Waals surface area (Å²) in [5.74, 6) is 1.39. The number of hydrogen-bond donors (Lipinski definition) is 0. The minimum atomic E-state index is 0.593. The van der Waals surface area contributed by atoms with Crippen LogP contribution in [0.2, 0.25) is 0 Å². The molecular formula is C22H22N4O2. The zero-order valence-electron chi connectivity index (χ0n) is 15.7. The summed E-state index contributed by atoms with van der Waals surface area (Å²) in [5, 5.41) is 0. The maximum absolute atomic E-state index is 5.97. The van der Waals surface area contributed by atoms with Crippen molar-refractivity contribution in [1.29, 1.82) is 0 Å². The smallest absolute Gasteiger partial charge is 0.219 e. The number of aromatic nitrogens is 1. The van der Waals surface area contributed by atoms with E-state index >= 15 is 0 Å². The van der Waals surface area contributed by atoms with E-state index < -0.39 is 0 Å². The van der Waals surface area contributed by atoms with Crippen LogP contribution in [0.15, 0.2) is 52.6 Å². The number of morpholine rings is 1. The van der Waals surface area contributed by atoms with Gasteiger partial charge in [0.1, 0.15) is 5.75 Å². The highest BCUT2D eigenvalue weighted by Gasteiger charge is 2.20. The highest BCUT2D eigenvalue weighted by molar-refractivity contribution is 6.05. The van der Waals surface area contributed by atoms with Gasteiger partial charge in [-0.2, -0.15) is 0 Å². The monoisotopic (exact) mass is 374 g/mol. The third-order valence-electron chi connectivity index (χ3n) is 5.28. The van der Waals surface area contributed by atoms with Crippen molar-refractivity contribution < 1.29 is 9.47 Å². The van der Waals surface area contributed by atoms with Gasteiger partial charge in [0.15, 0.2) is 0 Å². The minimum absolute atomic E-state index is 0.593. The van der Waals surface area contributed by atoms with Gasteiger partial charge in [-0.05, 0) is 47.0 Å². The molecule has 1 aromatic carbocycles. The summed E-state index contributed by atoms with van der Waals surface area (Å²) in [5.41, 5.74) is 5.88. The lowest BCUT2D eigenvalue weighted by atomic mass is 10.0. The molecule has 0 saturated carbocycles. The van der Waals surface area contributed by atoms with E-state index in [1.54, 1.807) is 0 Å². The molecule has 0 bridgehead atoms. The van der Waals surface area contributed by atoms with Gasteiger partial charge in [-0.15, -0.1) is 0 Å². The average Bonchev–Trinajstić information content (AvgIpc) is 3.40. The van der Waals surface area contributed by atoms with Crippen molar-refractivity contribution in [1.82, 2.24) is 9.88 Å². The van der Waals surface area contributed by atoms with E-state index in [0.717, 1.165) is 56.4 Å². The lowest BCUT2D eigenvalue weighted by Crippen LogP contribution is -2.39. The van der Waals surface area contributed by atoms with E-state index in [-0.39, 0.29) is 0 Å². The Labute approximate surface area is 164 Å². The summed E-state index contributed by atoms with van der Waals surface area (Å²) >= 11 is 0. The summed E-state index contributed by atoms with van der Waals surface area (Å²) in [6.07, 6.45) is 5.69. The van der Waals surface area contributed by atoms with Gasteiger partial charge >= 0.3 is 0 Å². The van der Waals surface area contributed by atoms with E-state index in [0.29, 0.717) is 12.4 Å². The summed E-state index contributed by atoms with van der Waals surface area (Å²) in [6.45, 7) is 5.89. The van der Waals surface area contributed by atoms with Crippen LogP contribution in [0.4, 0.5) is 0 Å². The predicted octanol–water partition coefficient (Wildman–Crippen LogP) is 2.98. The zero-order chi connectivity index (χ0) is 18.8. The standard InChI is InChI=1S/C22H22N4O2/c1-4-22(25-13-16(1)17-5-6-23-12-17)28-19-2-3-20-18(11-19)14-24-21(20)15-26-7-9-27-10-8-26/h1-6,11,13H,7-10,12,14-15H2. The first-order chi connectivity index (χ1) is 13.8. The summed E-state index contributed by atoms with van der Waals surface area (Å²) in [6, 6.07) is 10.1. The summed E-state index contributed by atoms with van der Waals surface area (Å²) in [7, 11) is 0. The molecule has 6 heteroatoms. The maximum Gasteiger partial charge on any atom is 0.219 e. The molecule has 28 heavy (non-hydrogen) atoms. The predicted molar refractivity (Wildman–Crippen MR) is 110 cm³/mol. The number of fused-ring (bicyclic) bond motifs is 1. The Bertz CT molecular complexity index is 957. The Balaban J connectivity index is 1.25. The normalized spacial score (nSPS) is 18.7. The lowest BCUT2D eigenvalue weighted by molar-refractivity contribution is 0.0453. The minimum Gasteiger partial charge on any atom is -0.439 e. The molecule has 0 atom stereocenters. The molecule has 0 N–H and O–H groups in total. The highest BCUT2D eigenvalue weighted by atomic mass is 16.5. The van der Waals surface area contributed by atoms with Crippen LogP contribution in [0, 0.1) is 0 Å². The number of allylic oxidation sites excluding steroid dienone is 1. The number of pyridine rings is 1. The van der Waals surface area contributed by atoms with Crippen LogP contribution in [0.3, 0.4) is 0 Å². The average molecular weight is 374 g/mol. The molecule has 1 saturated heterocycles. The first kappa shape index (κ1) is 17.3. The molecule has 5 rings (SSSR count). The highest BCUT2D eigenvalue weighted by Crippen LogP contribution is 2.28. The molecule has 3 aliphatic rings. The van der Waals surface area contributed by atoms with Crippen molar-refractivity contribution in [2.24, 2.45) is 9.98 Å². The fourth-order valence-electron chi connectivity index (χ4n) is 3.70. The third-order valence-corrected chi connectivity index (χ3v) is 5.28. The van der Waals surface area contributed by atoms with Crippen LogP contribution in [0.25, 0.3) is 5.57 Å². The topological polar surface area (TPSA) is 59.3 Å². The number of rotatable bonds is 5. The fraction of sp³-hybridized carbons (Fsp3) is 0.318. The van der Waals surface area contributed by atoms with E-state index in [4.69, 9.17) is 14.5 Å². The largest absolute Gasteiger partial charge is 0.439 e. The molecule has 0 amide bonds. The number of aliphatic imine (C=N–C) groups is 2. The van der Waals surface area contributed by atoms with Gasteiger partial charge in [-0.3, -0.25) is 14.9 Å². The SMILES string of the molecule is C1=NCC(c2ccc(Oc3ccc4c(c3)CN=C4CN3CCOCC3)nc2)=C1. The van der Waals surface area contributed by atoms with Crippen molar-refractivity contribution in [3.63, 3.8) is 0 Å². The Morgan fingerprint density at radius 3 is 2.79 bits per heavy atom. The Morgan fingerprint density at radius 1 is 1.07 bits per heavy atom. The molecule has 6 nitrogen and oxygen atoms in total. The molecule has 0 unspecified atom stereocenters. The van der Waals surface area contributed by atoms with E-state index in [2.05, 4.69) is 27.0 Å². The van der Waals surface area contributed by atoms with Crippen molar-refractivity contribution in [3.05, 3.63) is 59.3 Å². The molecule has 4 heterocycles. The molecule has 0 spiro atoms. The van der Waals surface area contributed by atoms with Crippen LogP contribution < -0.4 is 4.74 Å². The van der Waals surface area contributed by atoms with Gasteiger partial charge in [0.2, 0.25) is 5.88 Å². The Hall–Kier alpha value is -2.83. The van der Waals surface area contributed by atoms with Gasteiger partial charge in [-0.1, -0.05) is 0 Å². The van der Waals surface area contributed by atoms with Gasteiger partial charge in [0.05, 0.1) is 32.0 Å². The van der Waals surface area contributed by atoms with Crippen LogP contribution in [0.1, 0.15) is 16.7 Å². The van der Waals surface area contributed by atoms with Gasteiger partial charge < -0.3 is 9.47 Å². The van der Waals surface area contributed by atoms with E-state index in [1.165, 1.54) is 16.7 Å². The maximum atomic E-state index is 5.97. The van der Waals surface area contributed by atoms with Crippen LogP contribution >= 0.6 is 0 Å². The molecule has 1 fully saturated rings. The van der Waals surface area contributed by atoms with Crippen LogP contribution in [0.5, 0.6) is 11.6 Å². The first-order valence-electron chi connectivity index (χ1n) is 9.65. The Kier molecular flexibility index (Phi) is 4.72. The summed E-state index contributed by atoms with van der Waals surface area (Å²) < 4.78 is 11.4. The number of hydrogen-bond acceptors (Lipinski definition) is 6. The molecule has 2 aromatic rings. The van der Waals surface area contributed by atoms with Crippen molar-refractivity contribution in [3.8, 4) is 11.6 Å². The fourth-order valence-corrected chi connectivity index (χ4v) is 3.70. The number of benzene rings is 1. The number of nitrogens with zero attached hydrogens (tertiary/aromatic N) is 4. The van der Waals surface area contributed by atoms with Crippen molar-refractivity contribution in [2.45, 2.75) is 6.54 Å². The first-order valence-corrected chi connectivity index (χ1v) is 9.65. The van der Waals surface area contributed by atoms with Crippen LogP contribution in [-0.4, -0.2) is 61.2 Å². The quantitative estimate of drug-likeness (QED) is 0.807. The van der Waals surface area contributed by atoms with Crippen molar-refractivity contribution >= 4 is 17.5 Å². The van der Waals surface area contributed by atoms with E-state index in [9.17, 15) is 0 Å². The molecule has 1 aromatic heterocycles. The second-order valence-electron chi connectivity index (χ2n) is 7.14. The molecule has 0 aliphatic carbocycles. The van der Waals surface area contributed by atoms with Crippen molar-refractivity contribution in [2.75, 3.05) is 39.4 Å². The lowest BCUT2D eigenvalue weighted by Gasteiger charge is -2.26. The summed E-state index contributed by atoms with van der Waals surface area (Å²) in [4.78, 5) is 15.8. The zero-order valence-corrected chi connectivity index (χ0v) is 15.7. The molecular weight excluding hydrogens is 352 g/mol. The number of ether oxygens (including phenoxy) is 2. The third kappa shape index (κ3) is 3.61.